The van der Waals surface area contributed by atoms with Crippen LogP contribution in [0.25, 0.3) is 0 Å². The summed E-state index contributed by atoms with van der Waals surface area (Å²) in [6, 6.07) is 18.7. The van der Waals surface area contributed by atoms with Crippen LogP contribution >= 0.6 is 0 Å². The Morgan fingerprint density at radius 1 is 0.843 bits per heavy atom. The van der Waals surface area contributed by atoms with Gasteiger partial charge in [-0.1, -0.05) is 85.7 Å². The predicted molar refractivity (Wildman–Crippen MR) is 198 cm³/mol. The summed E-state index contributed by atoms with van der Waals surface area (Å²) in [6.07, 6.45) is 11.0. The number of allylic oxidation sites excluding steroid dienone is 2. The number of rotatable bonds is 24. The van der Waals surface area contributed by atoms with Crippen LogP contribution in [0.2, 0.25) is 0 Å². The van der Waals surface area contributed by atoms with Gasteiger partial charge in [-0.2, -0.15) is 0 Å². The van der Waals surface area contributed by atoms with E-state index >= 15 is 0 Å². The molecule has 10 nitrogen and oxygen atoms in total. The Hall–Kier alpha value is -4.44. The third kappa shape index (κ3) is 15.6. The molecule has 3 rings (SSSR count). The highest BCUT2D eigenvalue weighted by atomic mass is 16.5. The van der Waals surface area contributed by atoms with Gasteiger partial charge in [-0.15, -0.1) is 13.2 Å². The largest absolute Gasteiger partial charge is 0.463 e. The van der Waals surface area contributed by atoms with Crippen LogP contribution in [0.1, 0.15) is 88.2 Å². The quantitative estimate of drug-likeness (QED) is 0.0569. The smallest absolute Gasteiger partial charge is 0.407 e. The van der Waals surface area contributed by atoms with Crippen molar-refractivity contribution in [1.29, 1.82) is 0 Å². The van der Waals surface area contributed by atoms with E-state index in [2.05, 4.69) is 29.1 Å². The Morgan fingerprint density at radius 3 is 2.18 bits per heavy atom. The maximum Gasteiger partial charge on any atom is 0.407 e. The monoisotopic (exact) mass is 703 g/mol. The van der Waals surface area contributed by atoms with Gasteiger partial charge in [0.15, 0.2) is 0 Å². The molecular formula is C41H57N3O7. The van der Waals surface area contributed by atoms with Gasteiger partial charge in [-0.05, 0) is 75.3 Å². The topological polar surface area (TPSA) is 143 Å². The van der Waals surface area contributed by atoms with Gasteiger partial charge < -0.3 is 30.5 Å². The fourth-order valence-corrected chi connectivity index (χ4v) is 6.44. The third-order valence-electron chi connectivity index (χ3n) is 9.38. The van der Waals surface area contributed by atoms with Gasteiger partial charge in [0.2, 0.25) is 11.8 Å². The first-order valence-corrected chi connectivity index (χ1v) is 18.4. The molecule has 0 aromatic heterocycles. The van der Waals surface area contributed by atoms with Crippen molar-refractivity contribution in [3.05, 3.63) is 97.1 Å². The molecule has 2 aromatic carbocycles. The fourth-order valence-electron chi connectivity index (χ4n) is 6.44. The predicted octanol–water partition coefficient (Wildman–Crippen LogP) is 6.33. The molecule has 1 aliphatic carbocycles. The van der Waals surface area contributed by atoms with E-state index in [0.717, 1.165) is 36.8 Å². The van der Waals surface area contributed by atoms with Gasteiger partial charge in [0.25, 0.3) is 0 Å². The second-order valence-corrected chi connectivity index (χ2v) is 13.5. The molecule has 0 bridgehead atoms. The molecule has 0 heterocycles. The van der Waals surface area contributed by atoms with Crippen molar-refractivity contribution in [2.24, 2.45) is 11.8 Å². The van der Waals surface area contributed by atoms with Crippen LogP contribution in [0.15, 0.2) is 86.0 Å². The van der Waals surface area contributed by atoms with Crippen molar-refractivity contribution in [2.45, 2.75) is 102 Å². The molecule has 3 amide bonds. The molecule has 0 aliphatic heterocycles. The summed E-state index contributed by atoms with van der Waals surface area (Å²) in [5.41, 5.74) is 1.31. The molecule has 1 aliphatic rings. The minimum absolute atomic E-state index is 0.0233. The number of carbonyl (C=O) groups is 4. The van der Waals surface area contributed by atoms with Gasteiger partial charge in [0, 0.05) is 13.0 Å². The Bertz CT molecular complexity index is 1360. The van der Waals surface area contributed by atoms with Gasteiger partial charge in [-0.25, -0.2) is 4.79 Å². The number of esters is 1. The standard InChI is InChI=1S/C41H57N3O7/c1-3-5-8-22-35(27-32-18-9-6-10-19-32)39(48)50-30-36(23-13-16-26-42-40(49)51-29-33-20-11-7-12-21-33)43-38(47)34(17-4-2)28-37(46)44-41(31-45)24-14-15-25-41/h3-4,6-7,9-12,18-21,34-36,45H,1-2,5,8,13-17,22-31H2,(H,42,49)(H,43,47)(H,44,46)/t34-,35+,36-/m0/s1. The Kier molecular flexibility index (Phi) is 18.6. The van der Waals surface area contributed by atoms with Crippen molar-refractivity contribution in [3.63, 3.8) is 0 Å². The lowest BCUT2D eigenvalue weighted by molar-refractivity contribution is -0.150. The van der Waals surface area contributed by atoms with Crippen LogP contribution in [0.5, 0.6) is 0 Å². The fraction of sp³-hybridized carbons (Fsp3) is 0.512. The van der Waals surface area contributed by atoms with E-state index in [1.54, 1.807) is 6.08 Å². The number of benzene rings is 2. The lowest BCUT2D eigenvalue weighted by atomic mass is 9.94. The van der Waals surface area contributed by atoms with Gasteiger partial charge in [0.1, 0.15) is 13.2 Å². The molecule has 1 fully saturated rings. The first kappa shape index (κ1) is 41.0. The third-order valence-corrected chi connectivity index (χ3v) is 9.38. The Labute approximate surface area is 303 Å². The number of aliphatic hydroxyl groups is 1. The van der Waals surface area contributed by atoms with Crippen LogP contribution in [0.3, 0.4) is 0 Å². The average molecular weight is 704 g/mol. The number of hydrogen-bond acceptors (Lipinski definition) is 7. The SMILES string of the molecule is C=CCCC[C@H](Cc1ccccc1)C(=O)OC[C@H](CCCCNC(=O)OCc1ccccc1)NC(=O)[C@@H](CC=C)CC(=O)NC1(CO)CCCC1. The van der Waals surface area contributed by atoms with E-state index in [4.69, 9.17) is 9.47 Å². The average Bonchev–Trinajstić information content (AvgIpc) is 3.61. The van der Waals surface area contributed by atoms with E-state index in [0.29, 0.717) is 51.5 Å². The zero-order chi connectivity index (χ0) is 36.7. The van der Waals surface area contributed by atoms with E-state index in [-0.39, 0.29) is 56.4 Å². The molecule has 278 valence electrons. The van der Waals surface area contributed by atoms with E-state index in [1.165, 1.54) is 0 Å². The van der Waals surface area contributed by atoms with Crippen molar-refractivity contribution < 1.29 is 33.8 Å². The molecule has 10 heteroatoms. The maximum atomic E-state index is 13.6. The van der Waals surface area contributed by atoms with E-state index in [1.807, 2.05) is 66.7 Å². The van der Waals surface area contributed by atoms with Crippen molar-refractivity contribution in [1.82, 2.24) is 16.0 Å². The van der Waals surface area contributed by atoms with Crippen LogP contribution in [0.4, 0.5) is 4.79 Å². The number of unbranched alkanes of at least 4 members (excludes halogenated alkanes) is 2. The number of carbonyl (C=O) groups excluding carboxylic acids is 4. The Balaban J connectivity index is 1.60. The molecule has 51 heavy (non-hydrogen) atoms. The van der Waals surface area contributed by atoms with Crippen LogP contribution < -0.4 is 16.0 Å². The second-order valence-electron chi connectivity index (χ2n) is 13.5. The Morgan fingerprint density at radius 2 is 1.53 bits per heavy atom. The van der Waals surface area contributed by atoms with Gasteiger partial charge >= 0.3 is 12.1 Å². The highest BCUT2D eigenvalue weighted by Crippen LogP contribution is 2.29. The van der Waals surface area contributed by atoms with Crippen LogP contribution in [0, 0.1) is 11.8 Å². The molecule has 0 saturated heterocycles. The summed E-state index contributed by atoms with van der Waals surface area (Å²) < 4.78 is 11.2. The molecular weight excluding hydrogens is 646 g/mol. The molecule has 2 aromatic rings. The highest BCUT2D eigenvalue weighted by molar-refractivity contribution is 5.86. The number of amides is 3. The number of nitrogens with one attached hydrogen (secondary N) is 3. The molecule has 0 spiro atoms. The van der Waals surface area contributed by atoms with Crippen molar-refractivity contribution >= 4 is 23.9 Å². The molecule has 3 atom stereocenters. The molecule has 1 saturated carbocycles. The molecule has 0 unspecified atom stereocenters. The zero-order valence-corrected chi connectivity index (χ0v) is 30.0. The minimum Gasteiger partial charge on any atom is -0.463 e. The first-order chi connectivity index (χ1) is 24.8. The summed E-state index contributed by atoms with van der Waals surface area (Å²) in [5.74, 6) is -1.96. The highest BCUT2D eigenvalue weighted by Gasteiger charge is 2.35. The number of aliphatic hydroxyl groups excluding tert-OH is 1. The summed E-state index contributed by atoms with van der Waals surface area (Å²) in [6.45, 7) is 7.98. The lowest BCUT2D eigenvalue weighted by Gasteiger charge is -2.29. The number of ether oxygens (including phenoxy) is 2. The van der Waals surface area contributed by atoms with Crippen molar-refractivity contribution in [3.8, 4) is 0 Å². The summed E-state index contributed by atoms with van der Waals surface area (Å²) in [4.78, 5) is 52.3. The number of hydrogen-bond donors (Lipinski definition) is 4. The summed E-state index contributed by atoms with van der Waals surface area (Å²) >= 11 is 0. The first-order valence-electron chi connectivity index (χ1n) is 18.4. The summed E-state index contributed by atoms with van der Waals surface area (Å²) in [5, 5.41) is 18.7. The molecule has 4 N–H and O–H groups in total. The maximum absolute atomic E-state index is 13.6. The van der Waals surface area contributed by atoms with E-state index < -0.39 is 23.6 Å². The van der Waals surface area contributed by atoms with Gasteiger partial charge in [-0.3, -0.25) is 14.4 Å². The van der Waals surface area contributed by atoms with Crippen LogP contribution in [-0.2, 0) is 36.9 Å². The zero-order valence-electron chi connectivity index (χ0n) is 30.0. The van der Waals surface area contributed by atoms with E-state index in [9.17, 15) is 24.3 Å². The van der Waals surface area contributed by atoms with Gasteiger partial charge in [0.05, 0.1) is 30.0 Å². The molecule has 0 radical (unpaired) electrons. The minimum atomic E-state index is -0.677. The van der Waals surface area contributed by atoms with Crippen LogP contribution in [-0.4, -0.2) is 60.3 Å². The lowest BCUT2D eigenvalue weighted by Crippen LogP contribution is -2.50. The second kappa shape index (κ2) is 23.1. The van der Waals surface area contributed by atoms with Crippen molar-refractivity contribution in [2.75, 3.05) is 19.8 Å². The normalized spacial score (nSPS) is 15.1. The summed E-state index contributed by atoms with van der Waals surface area (Å²) in [7, 11) is 0. The number of alkyl carbamates (subject to hydrolysis) is 1.